The van der Waals surface area contributed by atoms with Crippen LogP contribution in [0.1, 0.15) is 43.5 Å². The van der Waals surface area contributed by atoms with Crippen molar-refractivity contribution in [3.8, 4) is 5.75 Å². The van der Waals surface area contributed by atoms with Gasteiger partial charge in [-0.1, -0.05) is 13.3 Å². The van der Waals surface area contributed by atoms with E-state index < -0.39 is 0 Å². The number of unbranched alkanes of at least 4 members (excludes halogenated alkanes) is 1. The molecular weight excluding hydrogens is 228 g/mol. The molecule has 0 spiro atoms. The molecule has 0 bridgehead atoms. The van der Waals surface area contributed by atoms with Crippen molar-refractivity contribution < 1.29 is 9.53 Å². The fourth-order valence-corrected chi connectivity index (χ4v) is 1.44. The summed E-state index contributed by atoms with van der Waals surface area (Å²) >= 11 is 0. The maximum Gasteiger partial charge on any atom is 0.271 e. The molecule has 1 N–H and O–H groups in total. The number of rotatable bonds is 6. The highest BCUT2D eigenvalue weighted by molar-refractivity contribution is 5.95. The van der Waals surface area contributed by atoms with E-state index in [4.69, 9.17) is 4.74 Å². The van der Waals surface area contributed by atoms with Crippen LogP contribution < -0.4 is 10.2 Å². The Kier molecular flexibility index (Phi) is 5.91. The number of methoxy groups -OCH3 is 1. The molecule has 0 aliphatic rings. The van der Waals surface area contributed by atoms with Crippen LogP contribution in [-0.4, -0.2) is 18.7 Å². The highest BCUT2D eigenvalue weighted by Crippen LogP contribution is 2.11. The first-order valence-corrected chi connectivity index (χ1v) is 6.15. The van der Waals surface area contributed by atoms with Gasteiger partial charge in [0.25, 0.3) is 5.91 Å². The summed E-state index contributed by atoms with van der Waals surface area (Å²) in [4.78, 5) is 11.8. The quantitative estimate of drug-likeness (QED) is 0.621. The molecule has 1 aromatic carbocycles. The van der Waals surface area contributed by atoms with Crippen LogP contribution in [0.3, 0.4) is 0 Å². The van der Waals surface area contributed by atoms with Gasteiger partial charge in [-0.2, -0.15) is 5.10 Å². The second-order valence-electron chi connectivity index (χ2n) is 4.12. The number of carbonyl (C=O) groups is 1. The molecule has 0 aliphatic carbocycles. The number of carbonyl (C=O) groups excluding carboxylic acids is 1. The number of nitrogens with zero attached hydrogens (tertiary/aromatic N) is 1. The third-order valence-corrected chi connectivity index (χ3v) is 2.59. The molecule has 0 fully saturated rings. The second-order valence-corrected chi connectivity index (χ2v) is 4.12. The summed E-state index contributed by atoms with van der Waals surface area (Å²) in [5, 5.41) is 4.07. The van der Waals surface area contributed by atoms with Crippen LogP contribution in [0.4, 0.5) is 0 Å². The number of hydrazone groups is 1. The zero-order valence-electron chi connectivity index (χ0n) is 11.2. The Hall–Kier alpha value is -1.84. The number of amides is 1. The van der Waals surface area contributed by atoms with E-state index in [1.54, 1.807) is 31.4 Å². The van der Waals surface area contributed by atoms with Gasteiger partial charge in [-0.05, 0) is 44.0 Å². The largest absolute Gasteiger partial charge is 0.497 e. The summed E-state index contributed by atoms with van der Waals surface area (Å²) in [7, 11) is 1.59. The Labute approximate surface area is 108 Å². The molecule has 1 amide bonds. The molecule has 98 valence electrons. The van der Waals surface area contributed by atoms with E-state index in [-0.39, 0.29) is 5.91 Å². The van der Waals surface area contributed by atoms with Crippen LogP contribution in [0.15, 0.2) is 29.4 Å². The van der Waals surface area contributed by atoms with Crippen molar-refractivity contribution in [3.63, 3.8) is 0 Å². The van der Waals surface area contributed by atoms with Gasteiger partial charge in [0.1, 0.15) is 5.75 Å². The number of nitrogens with one attached hydrogen (secondary N) is 1. The fourth-order valence-electron chi connectivity index (χ4n) is 1.44. The molecule has 0 aliphatic heterocycles. The predicted molar refractivity (Wildman–Crippen MR) is 73.1 cm³/mol. The number of hydrogen-bond acceptors (Lipinski definition) is 3. The number of benzene rings is 1. The van der Waals surface area contributed by atoms with Crippen molar-refractivity contribution in [2.75, 3.05) is 7.11 Å². The highest BCUT2D eigenvalue weighted by Gasteiger charge is 2.04. The van der Waals surface area contributed by atoms with E-state index in [9.17, 15) is 4.79 Å². The van der Waals surface area contributed by atoms with Crippen LogP contribution >= 0.6 is 0 Å². The fraction of sp³-hybridized carbons (Fsp3) is 0.429. The van der Waals surface area contributed by atoms with Gasteiger partial charge in [0.15, 0.2) is 0 Å². The number of hydrogen-bond donors (Lipinski definition) is 1. The number of ether oxygens (including phenoxy) is 1. The van der Waals surface area contributed by atoms with Gasteiger partial charge in [0.05, 0.1) is 7.11 Å². The maximum atomic E-state index is 11.8. The molecule has 0 aromatic heterocycles. The molecule has 18 heavy (non-hydrogen) atoms. The van der Waals surface area contributed by atoms with E-state index in [0.29, 0.717) is 5.56 Å². The molecule has 0 radical (unpaired) electrons. The summed E-state index contributed by atoms with van der Waals surface area (Å²) in [6.07, 6.45) is 3.13. The van der Waals surface area contributed by atoms with Gasteiger partial charge >= 0.3 is 0 Å². The van der Waals surface area contributed by atoms with Crippen molar-refractivity contribution in [1.82, 2.24) is 5.43 Å². The summed E-state index contributed by atoms with van der Waals surface area (Å²) in [6, 6.07) is 6.93. The van der Waals surface area contributed by atoms with Crippen LogP contribution in [0, 0.1) is 0 Å². The summed E-state index contributed by atoms with van der Waals surface area (Å²) in [5.74, 6) is 0.530. The average Bonchev–Trinajstić information content (AvgIpc) is 2.42. The lowest BCUT2D eigenvalue weighted by Crippen LogP contribution is -2.18. The standard InChI is InChI=1S/C14H20N2O2/c1-4-5-6-11(2)15-16-14(17)12-7-9-13(18-3)10-8-12/h7-10H,4-6H2,1-3H3,(H,16,17)/b15-11-. The van der Waals surface area contributed by atoms with Crippen LogP contribution in [0.5, 0.6) is 5.75 Å². The molecule has 0 heterocycles. The Morgan fingerprint density at radius 1 is 1.33 bits per heavy atom. The zero-order chi connectivity index (χ0) is 13.4. The van der Waals surface area contributed by atoms with Gasteiger partial charge in [-0.3, -0.25) is 4.79 Å². The smallest absolute Gasteiger partial charge is 0.271 e. The van der Waals surface area contributed by atoms with Crippen molar-refractivity contribution in [1.29, 1.82) is 0 Å². The highest BCUT2D eigenvalue weighted by atomic mass is 16.5. The summed E-state index contributed by atoms with van der Waals surface area (Å²) in [5.41, 5.74) is 4.07. The zero-order valence-corrected chi connectivity index (χ0v) is 11.2. The molecule has 0 unspecified atom stereocenters. The van der Waals surface area contributed by atoms with Crippen LogP contribution in [0.2, 0.25) is 0 Å². The molecule has 4 heteroatoms. The van der Waals surface area contributed by atoms with Crippen molar-refractivity contribution >= 4 is 11.6 Å². The first-order chi connectivity index (χ1) is 8.67. The van der Waals surface area contributed by atoms with Gasteiger partial charge < -0.3 is 4.74 Å². The average molecular weight is 248 g/mol. The van der Waals surface area contributed by atoms with Crippen molar-refractivity contribution in [2.24, 2.45) is 5.10 Å². The second kappa shape index (κ2) is 7.48. The first-order valence-electron chi connectivity index (χ1n) is 6.15. The van der Waals surface area contributed by atoms with Gasteiger partial charge in [0.2, 0.25) is 0 Å². The Morgan fingerprint density at radius 3 is 2.56 bits per heavy atom. The molecule has 0 saturated carbocycles. The lowest BCUT2D eigenvalue weighted by atomic mass is 10.2. The minimum absolute atomic E-state index is 0.200. The van der Waals surface area contributed by atoms with E-state index in [1.807, 2.05) is 6.92 Å². The lowest BCUT2D eigenvalue weighted by Gasteiger charge is -2.03. The first kappa shape index (κ1) is 14.2. The summed E-state index contributed by atoms with van der Waals surface area (Å²) in [6.45, 7) is 4.05. The molecule has 0 saturated heterocycles. The van der Waals surface area contributed by atoms with Crippen LogP contribution in [0.25, 0.3) is 0 Å². The van der Waals surface area contributed by atoms with E-state index in [2.05, 4.69) is 17.5 Å². The summed E-state index contributed by atoms with van der Waals surface area (Å²) < 4.78 is 5.03. The topological polar surface area (TPSA) is 50.7 Å². The van der Waals surface area contributed by atoms with Crippen LogP contribution in [-0.2, 0) is 0 Å². The third-order valence-electron chi connectivity index (χ3n) is 2.59. The van der Waals surface area contributed by atoms with Crippen molar-refractivity contribution in [3.05, 3.63) is 29.8 Å². The monoisotopic (exact) mass is 248 g/mol. The third kappa shape index (κ3) is 4.57. The molecule has 1 rings (SSSR count). The molecular formula is C14H20N2O2. The minimum Gasteiger partial charge on any atom is -0.497 e. The molecule has 1 aromatic rings. The minimum atomic E-state index is -0.200. The maximum absolute atomic E-state index is 11.8. The van der Waals surface area contributed by atoms with E-state index in [1.165, 1.54) is 0 Å². The lowest BCUT2D eigenvalue weighted by molar-refractivity contribution is 0.0954. The molecule has 4 nitrogen and oxygen atoms in total. The van der Waals surface area contributed by atoms with E-state index >= 15 is 0 Å². The van der Waals surface area contributed by atoms with E-state index in [0.717, 1.165) is 30.7 Å². The molecule has 0 atom stereocenters. The Morgan fingerprint density at radius 2 is 2.00 bits per heavy atom. The van der Waals surface area contributed by atoms with Gasteiger partial charge in [-0.25, -0.2) is 5.43 Å². The van der Waals surface area contributed by atoms with Crippen molar-refractivity contribution in [2.45, 2.75) is 33.1 Å². The SMILES string of the molecule is CCCC/C(C)=N\NC(=O)c1ccc(OC)cc1. The van der Waals surface area contributed by atoms with Gasteiger partial charge in [-0.15, -0.1) is 0 Å². The Balaban J connectivity index is 2.54. The normalized spacial score (nSPS) is 11.2. The predicted octanol–water partition coefficient (Wildman–Crippen LogP) is 2.99. The Bertz CT molecular complexity index is 410. The van der Waals surface area contributed by atoms with Gasteiger partial charge in [0, 0.05) is 11.3 Å².